The molecule has 2 rings (SSSR count). The molecule has 134 valence electrons. The summed E-state index contributed by atoms with van der Waals surface area (Å²) in [6.07, 6.45) is 1.55. The van der Waals surface area contributed by atoms with Gasteiger partial charge in [-0.05, 0) is 42.7 Å². The molecule has 7 heteroatoms. The summed E-state index contributed by atoms with van der Waals surface area (Å²) in [5.41, 5.74) is 1.34. The molecule has 0 saturated heterocycles. The Morgan fingerprint density at radius 1 is 1.12 bits per heavy atom. The largest absolute Gasteiger partial charge is 0.338 e. The minimum Gasteiger partial charge on any atom is -0.338 e. The standard InChI is InChI=1S/C18H21FN2O3S/c1-13(14-7-9-16(10-8-14)25(2,23)24)21-18(22)20-12-11-15-5-3-4-6-17(15)19/h3-10,13H,11-12H2,1-2H3,(H2,20,21,22). The van der Waals surface area contributed by atoms with Crippen LogP contribution in [0, 0.1) is 5.82 Å². The van der Waals surface area contributed by atoms with Gasteiger partial charge in [-0.2, -0.15) is 0 Å². The Hall–Kier alpha value is -2.41. The highest BCUT2D eigenvalue weighted by atomic mass is 32.2. The number of halogens is 1. The lowest BCUT2D eigenvalue weighted by molar-refractivity contribution is 0.238. The molecular weight excluding hydrogens is 343 g/mol. The van der Waals surface area contributed by atoms with Gasteiger partial charge < -0.3 is 10.6 Å². The molecule has 0 heterocycles. The monoisotopic (exact) mass is 364 g/mol. The first-order valence-corrected chi connectivity index (χ1v) is 9.74. The van der Waals surface area contributed by atoms with Gasteiger partial charge in [-0.1, -0.05) is 30.3 Å². The summed E-state index contributed by atoms with van der Waals surface area (Å²) in [5, 5.41) is 5.44. The predicted octanol–water partition coefficient (Wildman–Crippen LogP) is 2.83. The van der Waals surface area contributed by atoms with Crippen molar-refractivity contribution in [2.24, 2.45) is 0 Å². The second-order valence-corrected chi connectivity index (χ2v) is 7.82. The lowest BCUT2D eigenvalue weighted by atomic mass is 10.1. The maximum Gasteiger partial charge on any atom is 0.315 e. The van der Waals surface area contributed by atoms with Crippen LogP contribution in [0.5, 0.6) is 0 Å². The number of urea groups is 1. The smallest absolute Gasteiger partial charge is 0.315 e. The van der Waals surface area contributed by atoms with Gasteiger partial charge in [0.05, 0.1) is 10.9 Å². The zero-order chi connectivity index (χ0) is 18.4. The van der Waals surface area contributed by atoms with Crippen molar-refractivity contribution in [1.29, 1.82) is 0 Å². The fourth-order valence-electron chi connectivity index (χ4n) is 2.35. The SMILES string of the molecule is CC(NC(=O)NCCc1ccccc1F)c1ccc(S(C)(=O)=O)cc1. The molecule has 0 aliphatic rings. The van der Waals surface area contributed by atoms with E-state index in [4.69, 9.17) is 0 Å². The van der Waals surface area contributed by atoms with Crippen molar-refractivity contribution in [2.75, 3.05) is 12.8 Å². The van der Waals surface area contributed by atoms with Crippen LogP contribution < -0.4 is 10.6 Å². The van der Waals surface area contributed by atoms with E-state index in [9.17, 15) is 17.6 Å². The number of carbonyl (C=O) groups is 1. The molecule has 2 aromatic carbocycles. The first-order chi connectivity index (χ1) is 11.8. The van der Waals surface area contributed by atoms with Crippen LogP contribution >= 0.6 is 0 Å². The van der Waals surface area contributed by atoms with E-state index in [1.54, 1.807) is 37.3 Å². The summed E-state index contributed by atoms with van der Waals surface area (Å²) in [6.45, 7) is 2.11. The van der Waals surface area contributed by atoms with Gasteiger partial charge in [0.25, 0.3) is 0 Å². The Morgan fingerprint density at radius 3 is 2.36 bits per heavy atom. The van der Waals surface area contributed by atoms with Crippen molar-refractivity contribution in [1.82, 2.24) is 10.6 Å². The highest BCUT2D eigenvalue weighted by Gasteiger charge is 2.11. The third kappa shape index (κ3) is 5.56. The van der Waals surface area contributed by atoms with E-state index in [1.807, 2.05) is 0 Å². The van der Waals surface area contributed by atoms with Gasteiger partial charge in [-0.15, -0.1) is 0 Å². The number of sulfone groups is 1. The average Bonchev–Trinajstić information content (AvgIpc) is 2.56. The number of carbonyl (C=O) groups excluding carboxylic acids is 1. The van der Waals surface area contributed by atoms with Gasteiger partial charge in [0, 0.05) is 12.8 Å². The molecule has 0 aliphatic carbocycles. The zero-order valence-electron chi connectivity index (χ0n) is 14.1. The Morgan fingerprint density at radius 2 is 1.76 bits per heavy atom. The lowest BCUT2D eigenvalue weighted by Gasteiger charge is -2.15. The Bertz CT molecular complexity index is 836. The van der Waals surface area contributed by atoms with Gasteiger partial charge in [-0.3, -0.25) is 0 Å². The molecule has 0 aliphatic heterocycles. The second-order valence-electron chi connectivity index (χ2n) is 5.80. The molecular formula is C18H21FN2O3S. The number of rotatable bonds is 6. The number of hydrogen-bond acceptors (Lipinski definition) is 3. The highest BCUT2D eigenvalue weighted by Crippen LogP contribution is 2.16. The van der Waals surface area contributed by atoms with Crippen LogP contribution in [-0.4, -0.2) is 27.2 Å². The summed E-state index contributed by atoms with van der Waals surface area (Å²) >= 11 is 0. The molecule has 5 nitrogen and oxygen atoms in total. The molecule has 2 amide bonds. The van der Waals surface area contributed by atoms with Crippen LogP contribution in [0.3, 0.4) is 0 Å². The minimum atomic E-state index is -3.24. The minimum absolute atomic E-state index is 0.234. The summed E-state index contributed by atoms with van der Waals surface area (Å²) in [7, 11) is -3.24. The van der Waals surface area contributed by atoms with Gasteiger partial charge in [0.2, 0.25) is 0 Å². The van der Waals surface area contributed by atoms with Crippen molar-refractivity contribution in [2.45, 2.75) is 24.3 Å². The topological polar surface area (TPSA) is 75.3 Å². The molecule has 0 bridgehead atoms. The average molecular weight is 364 g/mol. The van der Waals surface area contributed by atoms with Crippen LogP contribution in [-0.2, 0) is 16.3 Å². The third-order valence-corrected chi connectivity index (χ3v) is 4.92. The zero-order valence-corrected chi connectivity index (χ0v) is 14.9. The summed E-state index contributed by atoms with van der Waals surface area (Å²) in [6, 6.07) is 12.1. The molecule has 25 heavy (non-hydrogen) atoms. The predicted molar refractivity (Wildman–Crippen MR) is 94.6 cm³/mol. The number of nitrogens with one attached hydrogen (secondary N) is 2. The van der Waals surface area contributed by atoms with Crippen molar-refractivity contribution < 1.29 is 17.6 Å². The molecule has 0 radical (unpaired) electrons. The summed E-state index contributed by atoms with van der Waals surface area (Å²) < 4.78 is 36.4. The normalized spacial score (nSPS) is 12.4. The van der Waals surface area contributed by atoms with Gasteiger partial charge in [0.15, 0.2) is 9.84 Å². The van der Waals surface area contributed by atoms with Crippen molar-refractivity contribution in [3.63, 3.8) is 0 Å². The van der Waals surface area contributed by atoms with Crippen LogP contribution in [0.25, 0.3) is 0 Å². The number of hydrogen-bond donors (Lipinski definition) is 2. The van der Waals surface area contributed by atoms with Crippen molar-refractivity contribution in [3.8, 4) is 0 Å². The van der Waals surface area contributed by atoms with Crippen LogP contribution in [0.2, 0.25) is 0 Å². The fraction of sp³-hybridized carbons (Fsp3) is 0.278. The van der Waals surface area contributed by atoms with E-state index < -0.39 is 9.84 Å². The van der Waals surface area contributed by atoms with Crippen molar-refractivity contribution >= 4 is 15.9 Å². The molecule has 1 atom stereocenters. The Balaban J connectivity index is 1.84. The Kier molecular flexibility index (Phi) is 6.14. The van der Waals surface area contributed by atoms with Crippen LogP contribution in [0.4, 0.5) is 9.18 Å². The van der Waals surface area contributed by atoms with E-state index in [1.165, 1.54) is 18.2 Å². The quantitative estimate of drug-likeness (QED) is 0.828. The molecule has 0 saturated carbocycles. The van der Waals surface area contributed by atoms with E-state index in [2.05, 4.69) is 10.6 Å². The summed E-state index contributed by atoms with van der Waals surface area (Å²) in [5.74, 6) is -0.288. The van der Waals surface area contributed by atoms with Gasteiger partial charge in [-0.25, -0.2) is 17.6 Å². The van der Waals surface area contributed by atoms with Crippen molar-refractivity contribution in [3.05, 3.63) is 65.5 Å². The molecule has 2 aromatic rings. The van der Waals surface area contributed by atoms with Gasteiger partial charge >= 0.3 is 6.03 Å². The second kappa shape index (κ2) is 8.11. The maximum absolute atomic E-state index is 13.5. The molecule has 1 unspecified atom stereocenters. The Labute approximate surface area is 147 Å². The molecule has 0 spiro atoms. The first-order valence-electron chi connectivity index (χ1n) is 7.85. The number of amides is 2. The van der Waals surface area contributed by atoms with E-state index in [0.717, 1.165) is 11.8 Å². The van der Waals surface area contributed by atoms with Crippen LogP contribution in [0.15, 0.2) is 53.4 Å². The maximum atomic E-state index is 13.5. The number of benzene rings is 2. The third-order valence-electron chi connectivity index (χ3n) is 3.79. The molecule has 0 aromatic heterocycles. The van der Waals surface area contributed by atoms with Gasteiger partial charge in [0.1, 0.15) is 5.82 Å². The fourth-order valence-corrected chi connectivity index (χ4v) is 2.98. The lowest BCUT2D eigenvalue weighted by Crippen LogP contribution is -2.38. The van der Waals surface area contributed by atoms with E-state index >= 15 is 0 Å². The highest BCUT2D eigenvalue weighted by molar-refractivity contribution is 7.90. The summed E-state index contributed by atoms with van der Waals surface area (Å²) in [4.78, 5) is 12.2. The molecule has 0 fully saturated rings. The van der Waals surface area contributed by atoms with E-state index in [0.29, 0.717) is 18.5 Å². The van der Waals surface area contributed by atoms with E-state index in [-0.39, 0.29) is 22.8 Å². The molecule has 2 N–H and O–H groups in total. The van der Waals surface area contributed by atoms with Crippen LogP contribution in [0.1, 0.15) is 24.1 Å². The first kappa shape index (κ1) is 18.9.